The second-order valence-corrected chi connectivity index (χ2v) is 27.8. The van der Waals surface area contributed by atoms with Gasteiger partial charge in [0.1, 0.15) is 0 Å². The fraction of sp³-hybridized carbons (Fsp3) is 0.0588. The number of para-hydroxylation sites is 1. The van der Waals surface area contributed by atoms with Crippen LogP contribution in [0.3, 0.4) is 0 Å². The van der Waals surface area contributed by atoms with Gasteiger partial charge in [-0.3, -0.25) is 0 Å². The molecule has 0 radical (unpaired) electrons. The minimum absolute atomic E-state index is 0.0485. The molecule has 3 aliphatic rings. The van der Waals surface area contributed by atoms with Crippen molar-refractivity contribution in [3.8, 4) is 44.5 Å². The van der Waals surface area contributed by atoms with E-state index in [1.54, 1.807) is 0 Å². The van der Waals surface area contributed by atoms with Gasteiger partial charge in [-0.05, 0) is 149 Å². The monoisotopic (exact) mass is 1190 g/mol. The average molecular weight is 1190 g/mol. The Kier molecular flexibility index (Phi) is 12.0. The number of anilines is 3. The molecule has 1 nitrogen and oxygen atoms in total. The zero-order chi connectivity index (χ0) is 59.0. The summed E-state index contributed by atoms with van der Waals surface area (Å²) < 4.78 is 5.19. The molecule has 0 bridgehead atoms. The zero-order valence-corrected chi connectivity index (χ0v) is 51.6. The van der Waals surface area contributed by atoms with Crippen molar-refractivity contribution in [3.05, 3.63) is 347 Å². The minimum Gasteiger partial charge on any atom is -0.309 e. The lowest BCUT2D eigenvalue weighted by Crippen LogP contribution is -2.33. The number of thiophene rings is 2. The van der Waals surface area contributed by atoms with Gasteiger partial charge in [0.25, 0.3) is 0 Å². The Bertz CT molecular complexity index is 5330. The number of benzene rings is 13. The number of rotatable bonds is 9. The molecule has 0 fully saturated rings. The van der Waals surface area contributed by atoms with Crippen LogP contribution in [-0.2, 0) is 10.8 Å². The molecular formula is C85H57NS3. The van der Waals surface area contributed by atoms with Crippen LogP contribution in [0.25, 0.3) is 90.9 Å². The summed E-state index contributed by atoms with van der Waals surface area (Å²) in [5.74, 6) is -0.120. The van der Waals surface area contributed by atoms with Crippen LogP contribution in [0.15, 0.2) is 307 Å². The van der Waals surface area contributed by atoms with Crippen molar-refractivity contribution in [1.82, 2.24) is 0 Å². The smallest absolute Gasteiger partial charge is 0.0736 e. The van der Waals surface area contributed by atoms with Crippen LogP contribution in [0, 0.1) is 0 Å². The van der Waals surface area contributed by atoms with Gasteiger partial charge in [-0.25, -0.2) is 0 Å². The quantitative estimate of drug-likeness (QED) is 0.133. The van der Waals surface area contributed by atoms with E-state index in [9.17, 15) is 0 Å². The van der Waals surface area contributed by atoms with Crippen LogP contribution in [0.1, 0.15) is 69.8 Å². The lowest BCUT2D eigenvalue weighted by molar-refractivity contribution is 0.683. The van der Waals surface area contributed by atoms with Gasteiger partial charge in [0.15, 0.2) is 0 Å². The van der Waals surface area contributed by atoms with Crippen LogP contribution in [0.4, 0.5) is 17.1 Å². The molecule has 420 valence electrons. The van der Waals surface area contributed by atoms with E-state index in [1.165, 1.54) is 145 Å². The third kappa shape index (κ3) is 8.07. The summed E-state index contributed by atoms with van der Waals surface area (Å²) in [7, 11) is 0. The molecule has 3 heterocycles. The molecule has 13 aromatic carbocycles. The number of hydrogen-bond acceptors (Lipinski definition) is 4. The first-order valence-electron chi connectivity index (χ1n) is 30.8. The SMILES string of the molecule is CC1(C)C=Cc2cc(C(c3ccc4c(c3)C3(c5ccccc5-c5ccccc53)c3cccc(N(c5ccccc5)c5ccc(-c6ccccc6)c6sc7ccccc7c56)c3S4)c3cc(-c4ccc(-c5ccccc5)cc4)c4sc5ccccc5c4c3)ccc21. The molecule has 18 rings (SSSR count). The van der Waals surface area contributed by atoms with Crippen molar-refractivity contribution in [2.24, 2.45) is 0 Å². The summed E-state index contributed by atoms with van der Waals surface area (Å²) in [6, 6.07) is 110. The maximum absolute atomic E-state index is 2.64. The molecule has 1 atom stereocenters. The predicted octanol–water partition coefficient (Wildman–Crippen LogP) is 24.2. The van der Waals surface area contributed by atoms with Crippen LogP contribution in [-0.4, -0.2) is 0 Å². The van der Waals surface area contributed by atoms with Crippen molar-refractivity contribution in [2.75, 3.05) is 4.90 Å². The molecule has 1 aliphatic heterocycles. The van der Waals surface area contributed by atoms with Gasteiger partial charge < -0.3 is 4.90 Å². The van der Waals surface area contributed by atoms with Crippen LogP contribution in [0.5, 0.6) is 0 Å². The van der Waals surface area contributed by atoms with Crippen LogP contribution >= 0.6 is 34.4 Å². The van der Waals surface area contributed by atoms with Crippen molar-refractivity contribution in [1.29, 1.82) is 0 Å². The minimum atomic E-state index is -0.673. The second kappa shape index (κ2) is 20.4. The maximum atomic E-state index is 2.64. The summed E-state index contributed by atoms with van der Waals surface area (Å²) in [5.41, 5.74) is 24.4. The van der Waals surface area contributed by atoms with E-state index < -0.39 is 5.41 Å². The van der Waals surface area contributed by atoms with Gasteiger partial charge >= 0.3 is 0 Å². The van der Waals surface area contributed by atoms with Crippen molar-refractivity contribution in [3.63, 3.8) is 0 Å². The average Bonchev–Trinajstić information content (AvgIpc) is 1.60. The van der Waals surface area contributed by atoms with E-state index in [-0.39, 0.29) is 11.3 Å². The highest BCUT2D eigenvalue weighted by molar-refractivity contribution is 7.99. The highest BCUT2D eigenvalue weighted by Crippen LogP contribution is 2.65. The molecule has 2 aliphatic carbocycles. The lowest BCUT2D eigenvalue weighted by atomic mass is 9.66. The number of hydrogen-bond donors (Lipinski definition) is 0. The molecule has 1 spiro atoms. The second-order valence-electron chi connectivity index (χ2n) is 24.6. The fourth-order valence-corrected chi connectivity index (χ4v) is 19.0. The third-order valence-corrected chi connectivity index (χ3v) is 22.9. The van der Waals surface area contributed by atoms with Crippen molar-refractivity contribution >= 4 is 97.9 Å². The summed E-state index contributed by atoms with van der Waals surface area (Å²) in [5, 5.41) is 5.13. The van der Waals surface area contributed by atoms with Gasteiger partial charge in [-0.15, -0.1) is 22.7 Å². The van der Waals surface area contributed by atoms with Gasteiger partial charge in [0.05, 0.1) is 16.8 Å². The van der Waals surface area contributed by atoms with Crippen LogP contribution in [0.2, 0.25) is 0 Å². The lowest BCUT2D eigenvalue weighted by Gasteiger charge is -2.42. The Balaban J connectivity index is 0.887. The highest BCUT2D eigenvalue weighted by atomic mass is 32.2. The summed E-state index contributed by atoms with van der Waals surface area (Å²) in [4.78, 5) is 5.08. The van der Waals surface area contributed by atoms with Gasteiger partial charge in [-0.1, -0.05) is 274 Å². The summed E-state index contributed by atoms with van der Waals surface area (Å²) >= 11 is 5.74. The largest absolute Gasteiger partial charge is 0.309 e. The summed E-state index contributed by atoms with van der Waals surface area (Å²) in [6.07, 6.45) is 4.73. The molecular weight excluding hydrogens is 1130 g/mol. The normalized spacial score (nSPS) is 14.2. The van der Waals surface area contributed by atoms with E-state index in [0.29, 0.717) is 0 Å². The predicted molar refractivity (Wildman–Crippen MR) is 381 cm³/mol. The van der Waals surface area contributed by atoms with E-state index in [4.69, 9.17) is 0 Å². The van der Waals surface area contributed by atoms with E-state index >= 15 is 0 Å². The molecule has 15 aromatic rings. The standard InChI is InChI=1S/C85H57NS3/c1-84(2)48-47-57-49-58(41-44-69(57)84)79(60-50-67(81-68(51-60)65-29-14-18-35-76(65)87-81)56-39-37-54(38-40-56)53-21-6-3-7-22-53)59-42-46-78-73(52-59)85(70-31-16-12-27-63(70)64-28-13-17-32-71(64)85)72-33-20-34-75(83(72)89-78)86(61-25-10-5-11-26-61)74-45-43-62(55-23-8-4-9-24-55)82-80(74)66-30-15-19-36-77(66)88-82/h3-52,79H,1-2H3. The molecule has 0 amide bonds. The molecule has 0 saturated heterocycles. The van der Waals surface area contributed by atoms with E-state index in [0.717, 1.165) is 17.1 Å². The topological polar surface area (TPSA) is 3.24 Å². The molecule has 4 heteroatoms. The molecule has 1 unspecified atom stereocenters. The first-order valence-corrected chi connectivity index (χ1v) is 33.3. The number of nitrogens with zero attached hydrogens (tertiary/aromatic N) is 1. The van der Waals surface area contributed by atoms with Crippen LogP contribution < -0.4 is 4.90 Å². The Labute approximate surface area is 531 Å². The van der Waals surface area contributed by atoms with E-state index in [1.807, 2.05) is 34.4 Å². The van der Waals surface area contributed by atoms with Crippen molar-refractivity contribution in [2.45, 2.75) is 40.4 Å². The highest BCUT2D eigenvalue weighted by Gasteiger charge is 2.51. The molecule has 0 N–H and O–H groups in total. The number of fused-ring (bicyclic) bond motifs is 16. The maximum Gasteiger partial charge on any atom is 0.0736 e. The third-order valence-electron chi connectivity index (χ3n) is 19.3. The first kappa shape index (κ1) is 52.3. The van der Waals surface area contributed by atoms with Gasteiger partial charge in [0, 0.05) is 67.2 Å². The van der Waals surface area contributed by atoms with Crippen molar-refractivity contribution < 1.29 is 0 Å². The molecule has 89 heavy (non-hydrogen) atoms. The number of allylic oxidation sites excluding steroid dienone is 1. The Morgan fingerprint density at radius 1 is 0.360 bits per heavy atom. The van der Waals surface area contributed by atoms with E-state index in [2.05, 4.69) is 322 Å². The molecule has 0 saturated carbocycles. The zero-order valence-electron chi connectivity index (χ0n) is 49.1. The first-order chi connectivity index (χ1) is 43.9. The fourth-order valence-electron chi connectivity index (χ4n) is 15.3. The summed E-state index contributed by atoms with van der Waals surface area (Å²) in [6.45, 7) is 4.67. The Hall–Kier alpha value is -9.81. The van der Waals surface area contributed by atoms with Gasteiger partial charge in [-0.2, -0.15) is 0 Å². The molecule has 2 aromatic heterocycles. The Morgan fingerprint density at radius 2 is 0.944 bits per heavy atom. The van der Waals surface area contributed by atoms with Gasteiger partial charge in [0.2, 0.25) is 0 Å². The Morgan fingerprint density at radius 3 is 1.70 bits per heavy atom.